The van der Waals surface area contributed by atoms with E-state index in [2.05, 4.69) is 30.4 Å². The SMILES string of the molecule is Cc1nc(-n2cnc(C(N)=NO)n2)cc2n[nH]c(=O)n12. The number of aryl methyl sites for hydroxylation is 1. The number of amidine groups is 1. The van der Waals surface area contributed by atoms with Crippen molar-refractivity contribution in [2.75, 3.05) is 0 Å². The molecule has 0 saturated carbocycles. The summed E-state index contributed by atoms with van der Waals surface area (Å²) in [6.07, 6.45) is 1.36. The topological polar surface area (TPSA) is 152 Å². The van der Waals surface area contributed by atoms with E-state index in [-0.39, 0.29) is 17.3 Å². The minimum atomic E-state index is -0.368. The zero-order chi connectivity index (χ0) is 14.3. The Kier molecular flexibility index (Phi) is 2.45. The summed E-state index contributed by atoms with van der Waals surface area (Å²) in [6, 6.07) is 1.55. The van der Waals surface area contributed by atoms with E-state index >= 15 is 0 Å². The van der Waals surface area contributed by atoms with Gasteiger partial charge in [-0.2, -0.15) is 5.10 Å². The molecule has 0 aliphatic rings. The number of hydrogen-bond donors (Lipinski definition) is 3. The summed E-state index contributed by atoms with van der Waals surface area (Å²) < 4.78 is 2.66. The standard InChI is InChI=1S/C9H9N9O2/c1-4-12-5(2-6-13-14-9(19)18(4)6)17-3-11-8(15-17)7(10)16-20/h2-3,20H,1H3,(H2,10,16)(H,14,19). The van der Waals surface area contributed by atoms with Gasteiger partial charge in [0.25, 0.3) is 0 Å². The molecule has 0 fully saturated rings. The molecule has 0 saturated heterocycles. The Balaban J connectivity index is 2.15. The van der Waals surface area contributed by atoms with Crippen LogP contribution < -0.4 is 11.4 Å². The first kappa shape index (κ1) is 11.8. The van der Waals surface area contributed by atoms with Crippen LogP contribution in [0.5, 0.6) is 0 Å². The van der Waals surface area contributed by atoms with Crippen molar-refractivity contribution in [3.05, 3.63) is 34.5 Å². The largest absolute Gasteiger partial charge is 0.409 e. The van der Waals surface area contributed by atoms with Crippen molar-refractivity contribution in [3.63, 3.8) is 0 Å². The van der Waals surface area contributed by atoms with Crippen LogP contribution in [0.25, 0.3) is 11.5 Å². The van der Waals surface area contributed by atoms with Crippen molar-refractivity contribution >= 4 is 11.5 Å². The van der Waals surface area contributed by atoms with E-state index < -0.39 is 0 Å². The highest BCUT2D eigenvalue weighted by atomic mass is 16.4. The van der Waals surface area contributed by atoms with E-state index in [4.69, 9.17) is 10.9 Å². The van der Waals surface area contributed by atoms with E-state index in [1.807, 2.05) is 0 Å². The van der Waals surface area contributed by atoms with Crippen LogP contribution in [0.3, 0.4) is 0 Å². The fourth-order valence-corrected chi connectivity index (χ4v) is 1.74. The maximum absolute atomic E-state index is 11.5. The quantitative estimate of drug-likeness (QED) is 0.220. The molecule has 3 aromatic heterocycles. The molecule has 3 rings (SSSR count). The third-order valence-electron chi connectivity index (χ3n) is 2.62. The number of hydrogen-bond acceptors (Lipinski definition) is 7. The smallest absolute Gasteiger partial charge is 0.349 e. The number of nitrogens with zero attached hydrogens (tertiary/aromatic N) is 7. The van der Waals surface area contributed by atoms with Crippen LogP contribution in [0.15, 0.2) is 22.3 Å². The summed E-state index contributed by atoms with van der Waals surface area (Å²) in [5.74, 6) is 0.694. The summed E-state index contributed by atoms with van der Waals surface area (Å²) in [6.45, 7) is 1.66. The number of aromatic nitrogens is 7. The number of rotatable bonds is 2. The van der Waals surface area contributed by atoms with Crippen LogP contribution in [0.4, 0.5) is 0 Å². The monoisotopic (exact) mass is 275 g/mol. The molecule has 20 heavy (non-hydrogen) atoms. The second-order valence-electron chi connectivity index (χ2n) is 3.88. The van der Waals surface area contributed by atoms with Gasteiger partial charge in [0.15, 0.2) is 11.5 Å². The lowest BCUT2D eigenvalue weighted by Gasteiger charge is -2.02. The highest BCUT2D eigenvalue weighted by molar-refractivity contribution is 5.93. The lowest BCUT2D eigenvalue weighted by molar-refractivity contribution is 0.318. The maximum atomic E-state index is 11.5. The number of nitrogens with one attached hydrogen (secondary N) is 1. The van der Waals surface area contributed by atoms with E-state index in [1.54, 1.807) is 13.0 Å². The predicted molar refractivity (Wildman–Crippen MR) is 65.8 cm³/mol. The van der Waals surface area contributed by atoms with E-state index in [0.717, 1.165) is 0 Å². The van der Waals surface area contributed by atoms with E-state index in [9.17, 15) is 4.79 Å². The molecule has 4 N–H and O–H groups in total. The van der Waals surface area contributed by atoms with Crippen molar-refractivity contribution in [2.24, 2.45) is 10.9 Å². The summed E-state index contributed by atoms with van der Waals surface area (Å²) in [7, 11) is 0. The number of fused-ring (bicyclic) bond motifs is 1. The molecular formula is C9H9N9O2. The van der Waals surface area contributed by atoms with Crippen molar-refractivity contribution in [3.8, 4) is 5.82 Å². The first-order valence-electron chi connectivity index (χ1n) is 5.45. The average Bonchev–Trinajstić information content (AvgIpc) is 3.05. The first-order valence-corrected chi connectivity index (χ1v) is 5.45. The Hall–Kier alpha value is -3.24. The fourth-order valence-electron chi connectivity index (χ4n) is 1.74. The Morgan fingerprint density at radius 3 is 3.10 bits per heavy atom. The molecule has 3 aromatic rings. The minimum Gasteiger partial charge on any atom is -0.409 e. The Morgan fingerprint density at radius 1 is 1.55 bits per heavy atom. The van der Waals surface area contributed by atoms with Gasteiger partial charge in [0, 0.05) is 6.07 Å². The Bertz CT molecular complexity index is 871. The summed E-state index contributed by atoms with van der Waals surface area (Å²) in [5, 5.41) is 21.6. The summed E-state index contributed by atoms with van der Waals surface area (Å²) in [5.41, 5.74) is 5.42. The van der Waals surface area contributed by atoms with Crippen molar-refractivity contribution < 1.29 is 5.21 Å². The van der Waals surface area contributed by atoms with Gasteiger partial charge >= 0.3 is 5.69 Å². The van der Waals surface area contributed by atoms with Crippen LogP contribution >= 0.6 is 0 Å². The minimum absolute atomic E-state index is 0.0613. The van der Waals surface area contributed by atoms with Gasteiger partial charge < -0.3 is 10.9 Å². The lowest BCUT2D eigenvalue weighted by atomic mass is 10.5. The molecule has 102 valence electrons. The van der Waals surface area contributed by atoms with Crippen molar-refractivity contribution in [1.82, 2.24) is 34.3 Å². The number of oxime groups is 1. The van der Waals surface area contributed by atoms with Gasteiger partial charge in [-0.3, -0.25) is 0 Å². The molecule has 0 unspecified atom stereocenters. The number of aromatic amines is 1. The van der Waals surface area contributed by atoms with Crippen molar-refractivity contribution in [2.45, 2.75) is 6.92 Å². The molecule has 0 aliphatic carbocycles. The van der Waals surface area contributed by atoms with Crippen LogP contribution in [0.1, 0.15) is 11.6 Å². The van der Waals surface area contributed by atoms with Gasteiger partial charge in [-0.25, -0.2) is 28.9 Å². The van der Waals surface area contributed by atoms with Crippen LogP contribution in [-0.2, 0) is 0 Å². The molecule has 0 amide bonds. The zero-order valence-corrected chi connectivity index (χ0v) is 10.2. The second kappa shape index (κ2) is 4.15. The number of nitrogens with two attached hydrogens (primary N) is 1. The van der Waals surface area contributed by atoms with Crippen molar-refractivity contribution in [1.29, 1.82) is 0 Å². The Labute approximate surface area is 110 Å². The molecule has 0 aromatic carbocycles. The van der Waals surface area contributed by atoms with Gasteiger partial charge in [0.1, 0.15) is 12.2 Å². The van der Waals surface area contributed by atoms with Gasteiger partial charge in [-0.05, 0) is 6.92 Å². The van der Waals surface area contributed by atoms with Gasteiger partial charge in [0.05, 0.1) is 0 Å². The molecule has 11 heteroatoms. The predicted octanol–water partition coefficient (Wildman–Crippen LogP) is -1.60. The first-order chi connectivity index (χ1) is 9.60. The third-order valence-corrected chi connectivity index (χ3v) is 2.62. The third kappa shape index (κ3) is 1.68. The Morgan fingerprint density at radius 2 is 2.35 bits per heavy atom. The molecule has 0 atom stereocenters. The van der Waals surface area contributed by atoms with Gasteiger partial charge in [-0.1, -0.05) is 5.16 Å². The van der Waals surface area contributed by atoms with Crippen LogP contribution in [-0.4, -0.2) is 45.4 Å². The maximum Gasteiger partial charge on any atom is 0.349 e. The fraction of sp³-hybridized carbons (Fsp3) is 0.111. The lowest BCUT2D eigenvalue weighted by Crippen LogP contribution is -2.16. The van der Waals surface area contributed by atoms with Gasteiger partial charge in [-0.15, -0.1) is 5.10 Å². The molecule has 0 radical (unpaired) electrons. The molecule has 0 bridgehead atoms. The molecule has 0 aliphatic heterocycles. The molecule has 11 nitrogen and oxygen atoms in total. The van der Waals surface area contributed by atoms with Crippen LogP contribution in [0.2, 0.25) is 0 Å². The van der Waals surface area contributed by atoms with Crippen LogP contribution in [0, 0.1) is 6.92 Å². The molecule has 3 heterocycles. The molecular weight excluding hydrogens is 266 g/mol. The summed E-state index contributed by atoms with van der Waals surface area (Å²) >= 11 is 0. The van der Waals surface area contributed by atoms with E-state index in [1.165, 1.54) is 15.4 Å². The molecule has 0 spiro atoms. The highest BCUT2D eigenvalue weighted by Crippen LogP contribution is 2.07. The van der Waals surface area contributed by atoms with E-state index in [0.29, 0.717) is 17.3 Å². The number of H-pyrrole nitrogens is 1. The summed E-state index contributed by atoms with van der Waals surface area (Å²) in [4.78, 5) is 19.6. The highest BCUT2D eigenvalue weighted by Gasteiger charge is 2.11. The normalized spacial score (nSPS) is 12.2. The second-order valence-corrected chi connectivity index (χ2v) is 3.88. The average molecular weight is 275 g/mol. The zero-order valence-electron chi connectivity index (χ0n) is 10.2. The van der Waals surface area contributed by atoms with Gasteiger partial charge in [0.2, 0.25) is 11.7 Å².